The molecule has 1 aromatic heterocycles. The summed E-state index contributed by atoms with van der Waals surface area (Å²) < 4.78 is 45.2. The molecular weight excluding hydrogens is 477 g/mol. The Morgan fingerprint density at radius 2 is 1.89 bits per heavy atom. The number of nitrogens with one attached hydrogen (secondary N) is 1. The number of H-pyrrole nitrogens is 1. The lowest BCUT2D eigenvalue weighted by atomic mass is 9.92. The summed E-state index contributed by atoms with van der Waals surface area (Å²) in [6.45, 7) is 0. The molecule has 36 heavy (non-hydrogen) atoms. The molecule has 11 heteroatoms. The molecule has 1 aliphatic heterocycles. The van der Waals surface area contributed by atoms with Gasteiger partial charge in [-0.25, -0.2) is 22.9 Å². The Hall–Kier alpha value is -4.82. The second-order valence-corrected chi connectivity index (χ2v) is 8.01. The standard InChI is InChI=1S/C25H15F3N4O4/c1-3-12-5-4-6-18(21(12)28)32-22(33)19-14(26)8-9-15(27)20(19)25(32,36)13-7-10-16-17(11-13)30-23(29-16)31(2)24(34)35/h1,4-11,36H,2H3,(H,29,30)(H,34,35). The minimum Gasteiger partial charge on any atom is -0.465 e. The summed E-state index contributed by atoms with van der Waals surface area (Å²) >= 11 is 0. The first-order valence-electron chi connectivity index (χ1n) is 10.4. The Labute approximate surface area is 201 Å². The molecule has 4 aromatic rings. The molecule has 1 aliphatic rings. The van der Waals surface area contributed by atoms with Crippen molar-refractivity contribution in [1.82, 2.24) is 9.97 Å². The molecule has 2 heterocycles. The second-order valence-electron chi connectivity index (χ2n) is 8.01. The van der Waals surface area contributed by atoms with Gasteiger partial charge in [-0.15, -0.1) is 6.42 Å². The summed E-state index contributed by atoms with van der Waals surface area (Å²) in [4.78, 5) is 33.0. The van der Waals surface area contributed by atoms with Gasteiger partial charge in [0.05, 0.1) is 33.4 Å². The van der Waals surface area contributed by atoms with Crippen LogP contribution in [0, 0.1) is 29.8 Å². The van der Waals surface area contributed by atoms with Crippen LogP contribution in [0.25, 0.3) is 11.0 Å². The van der Waals surface area contributed by atoms with Crippen molar-refractivity contribution in [2.75, 3.05) is 16.8 Å². The summed E-state index contributed by atoms with van der Waals surface area (Å²) in [5.41, 5.74) is -4.59. The number of fused-ring (bicyclic) bond motifs is 2. The molecular formula is C25H15F3N4O4. The highest BCUT2D eigenvalue weighted by Gasteiger charge is 2.55. The number of imidazole rings is 1. The molecule has 0 radical (unpaired) electrons. The minimum atomic E-state index is -2.71. The molecule has 0 bridgehead atoms. The third-order valence-electron chi connectivity index (χ3n) is 6.05. The molecule has 5 rings (SSSR count). The maximum atomic E-state index is 15.3. The number of aromatic nitrogens is 2. The number of hydrogen-bond donors (Lipinski definition) is 3. The van der Waals surface area contributed by atoms with Gasteiger partial charge in [0.15, 0.2) is 5.82 Å². The quantitative estimate of drug-likeness (QED) is 0.376. The minimum absolute atomic E-state index is 0.0496. The first-order chi connectivity index (χ1) is 17.1. The molecule has 2 amide bonds. The number of terminal acetylenes is 1. The van der Waals surface area contributed by atoms with E-state index in [1.807, 2.05) is 0 Å². The summed E-state index contributed by atoms with van der Waals surface area (Å²) in [5.74, 6) is -2.38. The molecule has 0 saturated heterocycles. The van der Waals surface area contributed by atoms with Crippen molar-refractivity contribution in [3.8, 4) is 12.3 Å². The number of aromatic amines is 1. The van der Waals surface area contributed by atoms with Gasteiger partial charge in [-0.2, -0.15) is 0 Å². The fourth-order valence-electron chi connectivity index (χ4n) is 4.29. The van der Waals surface area contributed by atoms with Crippen molar-refractivity contribution in [3.05, 3.63) is 88.2 Å². The zero-order chi connectivity index (χ0) is 25.9. The van der Waals surface area contributed by atoms with Gasteiger partial charge in [-0.05, 0) is 36.4 Å². The molecule has 0 spiro atoms. The first kappa shape index (κ1) is 22.9. The molecule has 1 atom stereocenters. The number of carbonyl (C=O) groups excluding carboxylic acids is 1. The molecule has 0 fully saturated rings. The van der Waals surface area contributed by atoms with E-state index in [2.05, 4.69) is 15.9 Å². The first-order valence-corrected chi connectivity index (χ1v) is 10.4. The lowest BCUT2D eigenvalue weighted by Crippen LogP contribution is -2.46. The highest BCUT2D eigenvalue weighted by molar-refractivity contribution is 6.13. The largest absolute Gasteiger partial charge is 0.465 e. The number of carbonyl (C=O) groups is 2. The number of aliphatic hydroxyl groups is 1. The highest BCUT2D eigenvalue weighted by atomic mass is 19.1. The number of nitrogens with zero attached hydrogens (tertiary/aromatic N) is 3. The van der Waals surface area contributed by atoms with Crippen LogP contribution < -0.4 is 9.80 Å². The van der Waals surface area contributed by atoms with Gasteiger partial charge in [-0.1, -0.05) is 18.1 Å². The Bertz CT molecular complexity index is 1640. The summed E-state index contributed by atoms with van der Waals surface area (Å²) in [7, 11) is 1.25. The second kappa shape index (κ2) is 7.86. The molecule has 0 aliphatic carbocycles. The monoisotopic (exact) mass is 492 g/mol. The van der Waals surface area contributed by atoms with E-state index < -0.39 is 52.0 Å². The van der Waals surface area contributed by atoms with E-state index in [1.165, 1.54) is 37.4 Å². The summed E-state index contributed by atoms with van der Waals surface area (Å²) in [5, 5.41) is 21.2. The van der Waals surface area contributed by atoms with Crippen LogP contribution >= 0.6 is 0 Å². The van der Waals surface area contributed by atoms with Crippen LogP contribution in [0.4, 0.5) is 29.6 Å². The highest BCUT2D eigenvalue weighted by Crippen LogP contribution is 2.48. The number of benzene rings is 3. The average molecular weight is 492 g/mol. The third-order valence-corrected chi connectivity index (χ3v) is 6.05. The molecule has 0 saturated carbocycles. The fraction of sp³-hybridized carbons (Fsp3) is 0.0800. The number of rotatable bonds is 3. The van der Waals surface area contributed by atoms with Crippen LogP contribution in [-0.4, -0.2) is 39.2 Å². The van der Waals surface area contributed by atoms with E-state index in [0.29, 0.717) is 10.4 Å². The van der Waals surface area contributed by atoms with E-state index in [0.717, 1.165) is 23.1 Å². The van der Waals surface area contributed by atoms with Crippen molar-refractivity contribution >= 4 is 34.7 Å². The molecule has 180 valence electrons. The predicted molar refractivity (Wildman–Crippen MR) is 123 cm³/mol. The van der Waals surface area contributed by atoms with Gasteiger partial charge in [0.25, 0.3) is 5.91 Å². The van der Waals surface area contributed by atoms with Crippen LogP contribution in [0.15, 0.2) is 48.5 Å². The van der Waals surface area contributed by atoms with Crippen molar-refractivity contribution in [1.29, 1.82) is 0 Å². The van der Waals surface area contributed by atoms with Gasteiger partial charge in [0.1, 0.15) is 11.6 Å². The topological polar surface area (TPSA) is 110 Å². The van der Waals surface area contributed by atoms with Gasteiger partial charge in [0, 0.05) is 12.6 Å². The number of carboxylic acid groups (broad SMARTS) is 1. The van der Waals surface area contributed by atoms with Gasteiger partial charge >= 0.3 is 6.09 Å². The Balaban J connectivity index is 1.80. The van der Waals surface area contributed by atoms with Crippen LogP contribution in [0.1, 0.15) is 27.0 Å². The van der Waals surface area contributed by atoms with Crippen molar-refractivity contribution in [2.45, 2.75) is 5.72 Å². The van der Waals surface area contributed by atoms with E-state index in [4.69, 9.17) is 6.42 Å². The molecule has 8 nitrogen and oxygen atoms in total. The number of amides is 2. The van der Waals surface area contributed by atoms with Gasteiger partial charge in [-0.3, -0.25) is 14.6 Å². The van der Waals surface area contributed by atoms with Crippen molar-refractivity contribution in [2.24, 2.45) is 0 Å². The van der Waals surface area contributed by atoms with Crippen molar-refractivity contribution in [3.63, 3.8) is 0 Å². The summed E-state index contributed by atoms with van der Waals surface area (Å²) in [6.07, 6.45) is 4.05. The van der Waals surface area contributed by atoms with E-state index >= 15 is 8.78 Å². The van der Waals surface area contributed by atoms with E-state index in [1.54, 1.807) is 0 Å². The Morgan fingerprint density at radius 3 is 2.58 bits per heavy atom. The average Bonchev–Trinajstić information content (AvgIpc) is 3.38. The van der Waals surface area contributed by atoms with Crippen LogP contribution in [0.3, 0.4) is 0 Å². The lowest BCUT2D eigenvalue weighted by Gasteiger charge is -2.35. The fourth-order valence-corrected chi connectivity index (χ4v) is 4.29. The predicted octanol–water partition coefficient (Wildman–Crippen LogP) is 3.93. The summed E-state index contributed by atoms with van der Waals surface area (Å²) in [6, 6.07) is 9.19. The van der Waals surface area contributed by atoms with Crippen molar-refractivity contribution < 1.29 is 33.0 Å². The Morgan fingerprint density at radius 1 is 1.17 bits per heavy atom. The number of anilines is 2. The van der Waals surface area contributed by atoms with E-state index in [9.17, 15) is 24.2 Å². The molecule has 1 unspecified atom stereocenters. The lowest BCUT2D eigenvalue weighted by molar-refractivity contribution is 0.0681. The zero-order valence-corrected chi connectivity index (χ0v) is 18.4. The van der Waals surface area contributed by atoms with Crippen LogP contribution in [-0.2, 0) is 5.72 Å². The maximum absolute atomic E-state index is 15.3. The number of halogens is 3. The normalized spacial score (nSPS) is 16.8. The van der Waals surface area contributed by atoms with Gasteiger partial charge < -0.3 is 15.2 Å². The molecule has 3 N–H and O–H groups in total. The number of hydrogen-bond acceptors (Lipinski definition) is 4. The molecule has 3 aromatic carbocycles. The zero-order valence-electron chi connectivity index (χ0n) is 18.4. The van der Waals surface area contributed by atoms with Gasteiger partial charge in [0.2, 0.25) is 11.7 Å². The van der Waals surface area contributed by atoms with Crippen LogP contribution in [0.5, 0.6) is 0 Å². The van der Waals surface area contributed by atoms with Crippen LogP contribution in [0.2, 0.25) is 0 Å². The SMILES string of the molecule is C#Cc1cccc(N2C(=O)c3c(F)ccc(F)c3C2(O)c2ccc3[nH]c(N(C)C(=O)O)nc3c2)c1F. The smallest absolute Gasteiger partial charge is 0.413 e. The van der Waals surface area contributed by atoms with E-state index in [-0.39, 0.29) is 22.6 Å². The maximum Gasteiger partial charge on any atom is 0.413 e. The third kappa shape index (κ3) is 3.05. The Kier molecular flexibility index (Phi) is 5.01.